The number of piperazine rings is 1. The highest BCUT2D eigenvalue weighted by atomic mass is 127. The van der Waals surface area contributed by atoms with E-state index in [2.05, 4.69) is 40.0 Å². The van der Waals surface area contributed by atoms with Crippen LogP contribution in [0.3, 0.4) is 0 Å². The van der Waals surface area contributed by atoms with Crippen LogP contribution in [0.25, 0.3) is 0 Å². The van der Waals surface area contributed by atoms with Crippen molar-refractivity contribution in [3.05, 3.63) is 24.3 Å². The van der Waals surface area contributed by atoms with Gasteiger partial charge < -0.3 is 24.8 Å². The van der Waals surface area contributed by atoms with E-state index in [0.29, 0.717) is 0 Å². The van der Waals surface area contributed by atoms with E-state index >= 15 is 0 Å². The molecule has 1 saturated heterocycles. The van der Waals surface area contributed by atoms with Gasteiger partial charge in [-0.25, -0.2) is 4.99 Å². The highest BCUT2D eigenvalue weighted by molar-refractivity contribution is 14.0. The zero-order valence-corrected chi connectivity index (χ0v) is 19.3. The Balaban J connectivity index is 0.00000364. The van der Waals surface area contributed by atoms with E-state index in [-0.39, 0.29) is 42.5 Å². The molecule has 152 valence electrons. The van der Waals surface area contributed by atoms with Crippen LogP contribution in [0, 0.1) is 0 Å². The van der Waals surface area contributed by atoms with Crippen LogP contribution in [0.5, 0.6) is 5.75 Å². The Bertz CT molecular complexity index is 628. The molecule has 0 bridgehead atoms. The number of rotatable bonds is 5. The maximum atomic E-state index is 11.9. The minimum Gasteiger partial charge on any atom is -0.495 e. The van der Waals surface area contributed by atoms with Crippen molar-refractivity contribution in [3.8, 4) is 5.75 Å². The number of guanidine groups is 1. The summed E-state index contributed by atoms with van der Waals surface area (Å²) in [6.07, 6.45) is 0. The molecule has 2 rings (SSSR count). The number of nitrogens with one attached hydrogen (secondary N) is 1. The van der Waals surface area contributed by atoms with Crippen LogP contribution in [0.1, 0.15) is 13.8 Å². The molecule has 0 saturated carbocycles. The minimum absolute atomic E-state index is 0. The third-order valence-corrected chi connectivity index (χ3v) is 4.29. The summed E-state index contributed by atoms with van der Waals surface area (Å²) in [5, 5.41) is 3.38. The molecule has 1 aromatic rings. The number of carbonyl (C=O) groups is 1. The summed E-state index contributed by atoms with van der Waals surface area (Å²) in [5.74, 6) is 1.70. The summed E-state index contributed by atoms with van der Waals surface area (Å²) in [7, 11) is 5.20. The fourth-order valence-corrected chi connectivity index (χ4v) is 2.83. The van der Waals surface area contributed by atoms with Crippen LogP contribution in [-0.4, -0.2) is 81.6 Å². The van der Waals surface area contributed by atoms with Crippen LogP contribution >= 0.6 is 24.0 Å². The second-order valence-electron chi connectivity index (χ2n) is 6.87. The van der Waals surface area contributed by atoms with Gasteiger partial charge in [-0.05, 0) is 26.0 Å². The first-order valence-corrected chi connectivity index (χ1v) is 9.06. The second-order valence-corrected chi connectivity index (χ2v) is 6.87. The molecule has 0 unspecified atom stereocenters. The molecule has 0 spiro atoms. The molecule has 1 aliphatic heterocycles. The van der Waals surface area contributed by atoms with Crippen LogP contribution < -0.4 is 15.0 Å². The maximum absolute atomic E-state index is 11.9. The Morgan fingerprint density at radius 1 is 1.22 bits per heavy atom. The summed E-state index contributed by atoms with van der Waals surface area (Å²) in [5.41, 5.74) is 1.12. The fourth-order valence-electron chi connectivity index (χ4n) is 2.83. The van der Waals surface area contributed by atoms with Crippen molar-refractivity contribution in [2.24, 2.45) is 4.99 Å². The van der Waals surface area contributed by atoms with Gasteiger partial charge in [0.2, 0.25) is 5.91 Å². The quantitative estimate of drug-likeness (QED) is 0.389. The third-order valence-electron chi connectivity index (χ3n) is 4.29. The van der Waals surface area contributed by atoms with Crippen molar-refractivity contribution in [2.75, 3.05) is 58.8 Å². The van der Waals surface area contributed by atoms with Gasteiger partial charge in [0.1, 0.15) is 12.3 Å². The average Bonchev–Trinajstić information content (AvgIpc) is 2.64. The van der Waals surface area contributed by atoms with E-state index in [1.165, 1.54) is 0 Å². The van der Waals surface area contributed by atoms with E-state index in [1.807, 2.05) is 18.2 Å². The summed E-state index contributed by atoms with van der Waals surface area (Å²) in [6, 6.07) is 8.35. The van der Waals surface area contributed by atoms with Gasteiger partial charge in [0, 0.05) is 46.3 Å². The largest absolute Gasteiger partial charge is 0.495 e. The van der Waals surface area contributed by atoms with Crippen LogP contribution in [-0.2, 0) is 4.79 Å². The molecular weight excluding hydrogens is 457 g/mol. The summed E-state index contributed by atoms with van der Waals surface area (Å²) in [6.45, 7) is 7.75. The molecule has 0 atom stereocenters. The van der Waals surface area contributed by atoms with Gasteiger partial charge in [-0.3, -0.25) is 4.79 Å². The number of hydrogen-bond donors (Lipinski definition) is 1. The molecule has 0 aliphatic carbocycles. The van der Waals surface area contributed by atoms with Gasteiger partial charge in [-0.15, -0.1) is 24.0 Å². The monoisotopic (exact) mass is 489 g/mol. The number of aliphatic imine (C=N–C) groups is 1. The standard InChI is InChI=1S/C19H31N5O2.HI/c1-15(2)21-19(20-14-18(25)22(3)4)24-12-10-23(11-13-24)16-8-6-7-9-17(16)26-5;/h6-9,15H,10-14H2,1-5H3,(H,20,21);1H. The van der Waals surface area contributed by atoms with Gasteiger partial charge >= 0.3 is 0 Å². The topological polar surface area (TPSA) is 60.4 Å². The SMILES string of the molecule is COc1ccccc1N1CCN(C(=NCC(=O)N(C)C)NC(C)C)CC1.I. The Kier molecular flexibility index (Phi) is 9.68. The molecule has 0 aromatic heterocycles. The van der Waals surface area contributed by atoms with Crippen molar-refractivity contribution in [2.45, 2.75) is 19.9 Å². The molecule has 0 radical (unpaired) electrons. The molecule has 7 nitrogen and oxygen atoms in total. The van der Waals surface area contributed by atoms with Crippen molar-refractivity contribution in [3.63, 3.8) is 0 Å². The Morgan fingerprint density at radius 2 is 1.85 bits per heavy atom. The number of amides is 1. The molecule has 1 fully saturated rings. The predicted octanol–water partition coefficient (Wildman–Crippen LogP) is 1.88. The van der Waals surface area contributed by atoms with Gasteiger partial charge in [0.25, 0.3) is 0 Å². The Hall–Kier alpha value is -1.71. The highest BCUT2D eigenvalue weighted by Gasteiger charge is 2.22. The van der Waals surface area contributed by atoms with Crippen molar-refractivity contribution in [1.82, 2.24) is 15.1 Å². The van der Waals surface area contributed by atoms with E-state index in [9.17, 15) is 4.79 Å². The minimum atomic E-state index is 0. The summed E-state index contributed by atoms with van der Waals surface area (Å²) < 4.78 is 5.48. The van der Waals surface area contributed by atoms with Crippen LogP contribution in [0.2, 0.25) is 0 Å². The van der Waals surface area contributed by atoms with Gasteiger partial charge in [0.15, 0.2) is 5.96 Å². The Labute approximate surface area is 179 Å². The van der Waals surface area contributed by atoms with Crippen molar-refractivity contribution in [1.29, 1.82) is 0 Å². The molecule has 1 aromatic carbocycles. The van der Waals surface area contributed by atoms with Crippen LogP contribution in [0.15, 0.2) is 29.3 Å². The highest BCUT2D eigenvalue weighted by Crippen LogP contribution is 2.28. The number of ether oxygens (including phenoxy) is 1. The number of halogens is 1. The lowest BCUT2D eigenvalue weighted by Gasteiger charge is -2.38. The Morgan fingerprint density at radius 3 is 2.41 bits per heavy atom. The van der Waals surface area contributed by atoms with Crippen molar-refractivity contribution >= 4 is 41.5 Å². The molecular formula is C19H32IN5O2. The molecule has 27 heavy (non-hydrogen) atoms. The van der Waals surface area contributed by atoms with Gasteiger partial charge in [-0.1, -0.05) is 12.1 Å². The first-order chi connectivity index (χ1) is 12.4. The van der Waals surface area contributed by atoms with Gasteiger partial charge in [-0.2, -0.15) is 0 Å². The lowest BCUT2D eigenvalue weighted by atomic mass is 10.2. The lowest BCUT2D eigenvalue weighted by Crippen LogP contribution is -2.54. The van der Waals surface area contributed by atoms with Gasteiger partial charge in [0.05, 0.1) is 12.8 Å². The fraction of sp³-hybridized carbons (Fsp3) is 0.579. The zero-order valence-electron chi connectivity index (χ0n) is 16.9. The first-order valence-electron chi connectivity index (χ1n) is 9.06. The van der Waals surface area contributed by atoms with E-state index in [4.69, 9.17) is 4.74 Å². The van der Waals surface area contributed by atoms with E-state index in [1.54, 1.807) is 26.1 Å². The number of nitrogens with zero attached hydrogens (tertiary/aromatic N) is 4. The first kappa shape index (κ1) is 23.3. The summed E-state index contributed by atoms with van der Waals surface area (Å²) >= 11 is 0. The number of benzene rings is 1. The maximum Gasteiger partial charge on any atom is 0.243 e. The normalized spacial score (nSPS) is 14.7. The molecule has 1 heterocycles. The predicted molar refractivity (Wildman–Crippen MR) is 121 cm³/mol. The zero-order chi connectivity index (χ0) is 19.1. The summed E-state index contributed by atoms with van der Waals surface area (Å²) in [4.78, 5) is 22.5. The molecule has 1 amide bonds. The van der Waals surface area contributed by atoms with Crippen LogP contribution in [0.4, 0.5) is 5.69 Å². The molecule has 1 N–H and O–H groups in total. The average molecular weight is 489 g/mol. The number of methoxy groups -OCH3 is 1. The number of likely N-dealkylation sites (N-methyl/N-ethyl adjacent to an activating group) is 1. The number of carbonyl (C=O) groups excluding carboxylic acids is 1. The third kappa shape index (κ3) is 6.75. The lowest BCUT2D eigenvalue weighted by molar-refractivity contribution is -0.127. The van der Waals surface area contributed by atoms with Crippen molar-refractivity contribution < 1.29 is 9.53 Å². The molecule has 1 aliphatic rings. The molecule has 8 heteroatoms. The number of anilines is 1. The number of para-hydroxylation sites is 2. The number of hydrogen-bond acceptors (Lipinski definition) is 4. The van der Waals surface area contributed by atoms with E-state index in [0.717, 1.165) is 43.6 Å². The second kappa shape index (κ2) is 11.2. The van der Waals surface area contributed by atoms with E-state index < -0.39 is 0 Å². The smallest absolute Gasteiger partial charge is 0.243 e.